The summed E-state index contributed by atoms with van der Waals surface area (Å²) >= 11 is 0. The van der Waals surface area contributed by atoms with E-state index >= 15 is 9.59 Å². The number of hydrogen-bond donors (Lipinski definition) is 2. The van der Waals surface area contributed by atoms with Crippen molar-refractivity contribution < 1.29 is 72.2 Å². The van der Waals surface area contributed by atoms with Gasteiger partial charge in [-0.3, -0.25) is 14.4 Å². The van der Waals surface area contributed by atoms with Gasteiger partial charge in [-0.1, -0.05) is 81.8 Å². The van der Waals surface area contributed by atoms with E-state index in [0.29, 0.717) is 18.4 Å². The number of aliphatic hydroxyl groups is 2. The highest BCUT2D eigenvalue weighted by molar-refractivity contribution is 5.95. The highest BCUT2D eigenvalue weighted by Gasteiger charge is 2.77. The molecule has 0 aromatic heterocycles. The van der Waals surface area contributed by atoms with Crippen molar-refractivity contribution in [2.75, 3.05) is 27.2 Å². The van der Waals surface area contributed by atoms with Crippen LogP contribution in [-0.2, 0) is 47.6 Å². The first-order valence-electron chi connectivity index (χ1n) is 25.5. The van der Waals surface area contributed by atoms with Gasteiger partial charge in [-0.15, -0.1) is 0 Å². The van der Waals surface area contributed by atoms with E-state index in [9.17, 15) is 34.2 Å². The molecule has 2 bridgehead atoms. The van der Waals surface area contributed by atoms with Crippen LogP contribution in [0.2, 0.25) is 0 Å². The molecular formula is C56H72N2O15. The van der Waals surface area contributed by atoms with Gasteiger partial charge < -0.3 is 48.4 Å². The van der Waals surface area contributed by atoms with Crippen LogP contribution in [0.5, 0.6) is 0 Å². The Morgan fingerprint density at radius 2 is 1.45 bits per heavy atom. The quantitative estimate of drug-likeness (QED) is 0.113. The van der Waals surface area contributed by atoms with Crippen LogP contribution in [0.4, 0.5) is 9.59 Å². The Balaban J connectivity index is 1.27. The van der Waals surface area contributed by atoms with Crippen LogP contribution in [0.25, 0.3) is 0 Å². The molecule has 12 atom stereocenters. The van der Waals surface area contributed by atoms with Gasteiger partial charge in [0.2, 0.25) is 6.10 Å². The molecule has 17 nitrogen and oxygen atoms in total. The van der Waals surface area contributed by atoms with Gasteiger partial charge in [0.25, 0.3) is 0 Å². The normalized spacial score (nSPS) is 31.5. The van der Waals surface area contributed by atoms with Gasteiger partial charge in [-0.2, -0.15) is 0 Å². The van der Waals surface area contributed by atoms with Crippen molar-refractivity contribution in [3.05, 3.63) is 95.1 Å². The Morgan fingerprint density at radius 1 is 0.808 bits per heavy atom. The van der Waals surface area contributed by atoms with Crippen LogP contribution >= 0.6 is 0 Å². The Hall–Kier alpha value is -6.07. The summed E-state index contributed by atoms with van der Waals surface area (Å²) in [4.78, 5) is 101. The standard InChI is InChI=1S/C56H72N2O15/c1-33(37-21-15-13-16-22-37)44(71-52(66)58(9)30-29-57(8)51(65)69-40-25-19-11-10-12-20-26-40)50(64)70-41-32-56(67)48(72-49(63)38-23-17-14-18-24-38)46-54(7,42(61)31-39-27-28-55(39,46)73-36(4)60)47(62)45(68-35(3)59)43(34(41)2)53(56,5)6/h13-19,21-25,33,39-42,44-46,48,61,67H,10-12,20,26-32H2,1-9H3/b25-19+/t33-,39+,40?,41-,42-,44+,45+,46?,48?,54+,55-,56+/m0/s1. The van der Waals surface area contributed by atoms with E-state index in [2.05, 4.69) is 0 Å². The van der Waals surface area contributed by atoms with Crippen molar-refractivity contribution in [3.63, 3.8) is 0 Å². The zero-order valence-corrected chi connectivity index (χ0v) is 43.5. The number of nitrogens with zero attached hydrogens (tertiary/aromatic N) is 2. The zero-order chi connectivity index (χ0) is 53.2. The number of ketones is 1. The second-order valence-corrected chi connectivity index (χ2v) is 21.5. The number of amides is 2. The molecule has 17 heteroatoms. The van der Waals surface area contributed by atoms with E-state index in [0.717, 1.165) is 32.6 Å². The number of fused-ring (bicyclic) bond motifs is 5. The maximum Gasteiger partial charge on any atom is 0.410 e. The molecule has 0 spiro atoms. The minimum Gasteiger partial charge on any atom is -0.458 e. The summed E-state index contributed by atoms with van der Waals surface area (Å²) in [5.74, 6) is -7.07. The molecule has 3 saturated carbocycles. The van der Waals surface area contributed by atoms with E-state index in [1.54, 1.807) is 83.3 Å². The lowest BCUT2D eigenvalue weighted by Gasteiger charge is -2.68. The Labute approximate surface area is 427 Å². The van der Waals surface area contributed by atoms with Gasteiger partial charge in [0.1, 0.15) is 29.5 Å². The Morgan fingerprint density at radius 3 is 2.07 bits per heavy atom. The number of ether oxygens (including phenoxy) is 6. The third kappa shape index (κ3) is 10.5. The highest BCUT2D eigenvalue weighted by atomic mass is 16.6. The second-order valence-electron chi connectivity index (χ2n) is 21.5. The molecule has 7 rings (SSSR count). The fourth-order valence-electron chi connectivity index (χ4n) is 12.2. The van der Waals surface area contributed by atoms with Gasteiger partial charge in [-0.05, 0) is 93.7 Å². The van der Waals surface area contributed by atoms with Gasteiger partial charge >= 0.3 is 36.1 Å². The Bertz CT molecular complexity index is 2480. The van der Waals surface area contributed by atoms with Gasteiger partial charge in [0.15, 0.2) is 11.9 Å². The van der Waals surface area contributed by atoms with Gasteiger partial charge in [0, 0.05) is 64.7 Å². The molecule has 3 unspecified atom stereocenters. The molecule has 2 aromatic carbocycles. The number of allylic oxidation sites excluding steroid dienone is 1. The maximum atomic E-state index is 15.7. The van der Waals surface area contributed by atoms with Crippen molar-refractivity contribution in [2.24, 2.45) is 22.7 Å². The highest BCUT2D eigenvalue weighted by Crippen LogP contribution is 2.67. The fraction of sp³-hybridized carbons (Fsp3) is 0.589. The molecule has 2 N–H and O–H groups in total. The largest absolute Gasteiger partial charge is 0.458 e. The monoisotopic (exact) mass is 1010 g/mol. The molecule has 0 heterocycles. The number of Topliss-reactive ketones (excluding diaryl/α,β-unsaturated/α-hetero) is 1. The molecule has 2 aromatic rings. The van der Waals surface area contributed by atoms with E-state index in [-0.39, 0.29) is 48.7 Å². The van der Waals surface area contributed by atoms with Crippen LogP contribution in [0.1, 0.15) is 128 Å². The topological polar surface area (TPSA) is 222 Å². The van der Waals surface area contributed by atoms with Crippen LogP contribution < -0.4 is 0 Å². The van der Waals surface area contributed by atoms with Crippen molar-refractivity contribution in [1.29, 1.82) is 0 Å². The van der Waals surface area contributed by atoms with Crippen molar-refractivity contribution in [3.8, 4) is 0 Å². The molecular weight excluding hydrogens is 941 g/mol. The lowest BCUT2D eigenvalue weighted by Crippen LogP contribution is -2.78. The minimum absolute atomic E-state index is 0.00149. The van der Waals surface area contributed by atoms with E-state index in [1.165, 1.54) is 42.8 Å². The number of carbonyl (C=O) groups is 7. The summed E-state index contributed by atoms with van der Waals surface area (Å²) in [5, 5.41) is 26.2. The van der Waals surface area contributed by atoms with E-state index in [4.69, 9.17) is 28.4 Å². The van der Waals surface area contributed by atoms with Crippen LogP contribution in [0, 0.1) is 22.7 Å². The van der Waals surface area contributed by atoms with Crippen LogP contribution in [0.3, 0.4) is 0 Å². The number of carbonyl (C=O) groups excluding carboxylic acids is 7. The van der Waals surface area contributed by atoms with Crippen molar-refractivity contribution in [2.45, 2.75) is 160 Å². The summed E-state index contributed by atoms with van der Waals surface area (Å²) in [5.41, 5.74) is -6.54. The zero-order valence-electron chi connectivity index (χ0n) is 43.5. The molecule has 73 heavy (non-hydrogen) atoms. The first kappa shape index (κ1) is 54.7. The molecule has 0 radical (unpaired) electrons. The molecule has 3 fully saturated rings. The molecule has 2 amide bonds. The summed E-state index contributed by atoms with van der Waals surface area (Å²) in [6, 6.07) is 16.8. The fourth-order valence-corrected chi connectivity index (χ4v) is 12.2. The third-order valence-corrected chi connectivity index (χ3v) is 16.6. The van der Waals surface area contributed by atoms with E-state index in [1.807, 2.05) is 12.2 Å². The number of hydrogen-bond acceptors (Lipinski definition) is 15. The first-order valence-corrected chi connectivity index (χ1v) is 25.5. The number of aliphatic hydroxyl groups excluding tert-OH is 1. The maximum absolute atomic E-state index is 15.7. The smallest absolute Gasteiger partial charge is 0.410 e. The summed E-state index contributed by atoms with van der Waals surface area (Å²) in [6.45, 7) is 10.4. The molecule has 0 aliphatic heterocycles. The lowest BCUT2D eigenvalue weighted by atomic mass is 9.41. The van der Waals surface area contributed by atoms with E-state index < -0.39 is 119 Å². The summed E-state index contributed by atoms with van der Waals surface area (Å²) in [7, 11) is 3.02. The summed E-state index contributed by atoms with van der Waals surface area (Å²) < 4.78 is 36.9. The number of benzene rings is 2. The third-order valence-electron chi connectivity index (χ3n) is 16.6. The second kappa shape index (κ2) is 21.8. The van der Waals surface area contributed by atoms with Gasteiger partial charge in [0.05, 0.1) is 23.0 Å². The van der Waals surface area contributed by atoms with Crippen LogP contribution in [-0.4, -0.2) is 137 Å². The van der Waals surface area contributed by atoms with Crippen LogP contribution in [0.15, 0.2) is 84.0 Å². The molecule has 0 saturated heterocycles. The van der Waals surface area contributed by atoms with Gasteiger partial charge in [-0.25, -0.2) is 19.2 Å². The number of esters is 4. The molecule has 5 aliphatic carbocycles. The SMILES string of the molecule is CC(=O)O[C@H]1C(=O)[C@@]2(C)C(C(OC(=O)c3ccccc3)[C@]3(O)C[C@H](OC(=O)[C@H](OC(=O)N(C)CCN(C)C(=O)OC4/C=C/CCCCC4)[C@@H](C)c4ccccc4)C(C)=C1C3(C)C)[C@]1(OC(C)=O)CC[C@@H]1C[C@@H]2O. The summed E-state index contributed by atoms with van der Waals surface area (Å²) in [6.07, 6.45) is -1.07. The Kier molecular flexibility index (Phi) is 16.3. The predicted molar refractivity (Wildman–Crippen MR) is 264 cm³/mol. The van der Waals surface area contributed by atoms with Crippen molar-refractivity contribution in [1.82, 2.24) is 9.80 Å². The molecule has 5 aliphatic rings. The average Bonchev–Trinajstić information content (AvgIpc) is 3.33. The minimum atomic E-state index is -2.34. The number of rotatable bonds is 13. The predicted octanol–water partition coefficient (Wildman–Crippen LogP) is 7.41. The molecule has 396 valence electrons. The average molecular weight is 1010 g/mol. The van der Waals surface area contributed by atoms with Crippen molar-refractivity contribution >= 4 is 41.8 Å². The lowest BCUT2D eigenvalue weighted by molar-refractivity contribution is -0.296. The number of likely N-dealkylation sites (N-methyl/N-ethyl adjacent to an activating group) is 2. The first-order chi connectivity index (χ1) is 34.5.